The van der Waals surface area contributed by atoms with Crippen molar-refractivity contribution in [2.24, 2.45) is 12.8 Å². The Balaban J connectivity index is 2.85. The van der Waals surface area contributed by atoms with Crippen LogP contribution in [0.2, 0.25) is 0 Å². The maximum absolute atomic E-state index is 11.3. The first-order valence-electron chi connectivity index (χ1n) is 4.50. The lowest BCUT2D eigenvalue weighted by Crippen LogP contribution is -2.07. The molecule has 0 atom stereocenters. The number of nitrogens with zero attached hydrogens (tertiary/aromatic N) is 2. The van der Waals surface area contributed by atoms with Gasteiger partial charge in [0.25, 0.3) is 0 Å². The van der Waals surface area contributed by atoms with Crippen molar-refractivity contribution >= 4 is 5.97 Å². The lowest BCUT2D eigenvalue weighted by Gasteiger charge is -1.98. The van der Waals surface area contributed by atoms with Crippen LogP contribution in [0, 0.1) is 0 Å². The molecule has 5 heteroatoms. The number of aryl methyl sites for hydroxylation is 2. The molecule has 0 unspecified atom stereocenters. The number of hydrogen-bond acceptors (Lipinski definition) is 4. The van der Waals surface area contributed by atoms with Gasteiger partial charge in [0.2, 0.25) is 0 Å². The average Bonchev–Trinajstić information content (AvgIpc) is 2.55. The minimum Gasteiger partial charge on any atom is -0.464 e. The van der Waals surface area contributed by atoms with E-state index in [0.29, 0.717) is 12.2 Å². The van der Waals surface area contributed by atoms with E-state index in [-0.39, 0.29) is 0 Å². The average molecular weight is 197 g/mol. The number of esters is 1. The summed E-state index contributed by atoms with van der Waals surface area (Å²) in [6.45, 7) is 0.607. The molecular formula is C9H15N3O2. The third-order valence-electron chi connectivity index (χ3n) is 1.93. The van der Waals surface area contributed by atoms with E-state index in [1.165, 1.54) is 7.11 Å². The van der Waals surface area contributed by atoms with Gasteiger partial charge in [-0.3, -0.25) is 4.68 Å². The summed E-state index contributed by atoms with van der Waals surface area (Å²) >= 11 is 0. The lowest BCUT2D eigenvalue weighted by atomic mass is 10.1. The molecule has 78 valence electrons. The monoisotopic (exact) mass is 197 g/mol. The predicted molar refractivity (Wildman–Crippen MR) is 51.9 cm³/mol. The van der Waals surface area contributed by atoms with Crippen LogP contribution in [0.15, 0.2) is 6.20 Å². The minimum atomic E-state index is -0.391. The molecule has 0 saturated heterocycles. The maximum atomic E-state index is 11.3. The van der Waals surface area contributed by atoms with Gasteiger partial charge in [-0.1, -0.05) is 0 Å². The molecule has 0 fully saturated rings. The Morgan fingerprint density at radius 2 is 2.43 bits per heavy atom. The van der Waals surface area contributed by atoms with Gasteiger partial charge in [-0.2, -0.15) is 5.10 Å². The lowest BCUT2D eigenvalue weighted by molar-refractivity contribution is 0.0592. The molecule has 5 nitrogen and oxygen atoms in total. The zero-order valence-corrected chi connectivity index (χ0v) is 8.49. The number of aromatic nitrogens is 2. The van der Waals surface area contributed by atoms with Crippen LogP contribution in [0.1, 0.15) is 22.5 Å². The molecule has 1 heterocycles. The summed E-state index contributed by atoms with van der Waals surface area (Å²) in [5.74, 6) is -0.391. The standard InChI is InChI=1S/C9H15N3O2/c1-12-6-7(4-3-5-10)8(11-12)9(13)14-2/h6H,3-5,10H2,1-2H3. The number of methoxy groups -OCH3 is 1. The molecule has 1 rings (SSSR count). The smallest absolute Gasteiger partial charge is 0.358 e. The van der Waals surface area contributed by atoms with E-state index in [1.807, 2.05) is 6.20 Å². The zero-order valence-electron chi connectivity index (χ0n) is 8.49. The summed E-state index contributed by atoms with van der Waals surface area (Å²) in [5, 5.41) is 4.04. The van der Waals surface area contributed by atoms with Crippen LogP contribution in [0.3, 0.4) is 0 Å². The molecule has 0 saturated carbocycles. The molecule has 0 aliphatic heterocycles. The van der Waals surface area contributed by atoms with Crippen molar-refractivity contribution in [3.8, 4) is 0 Å². The molecule has 0 aliphatic carbocycles. The second kappa shape index (κ2) is 4.76. The Labute approximate surface area is 82.8 Å². The Morgan fingerprint density at radius 1 is 1.71 bits per heavy atom. The molecular weight excluding hydrogens is 182 g/mol. The molecule has 2 N–H and O–H groups in total. The van der Waals surface area contributed by atoms with E-state index >= 15 is 0 Å². The highest BCUT2D eigenvalue weighted by atomic mass is 16.5. The fraction of sp³-hybridized carbons (Fsp3) is 0.556. The number of carbonyl (C=O) groups excluding carboxylic acids is 1. The molecule has 0 radical (unpaired) electrons. The molecule has 1 aromatic rings. The Bertz CT molecular complexity index is 320. The van der Waals surface area contributed by atoms with Crippen molar-refractivity contribution in [3.63, 3.8) is 0 Å². The van der Waals surface area contributed by atoms with Crippen LogP contribution < -0.4 is 5.73 Å². The maximum Gasteiger partial charge on any atom is 0.358 e. The Hall–Kier alpha value is -1.36. The number of rotatable bonds is 4. The molecule has 0 aliphatic rings. The van der Waals surface area contributed by atoms with Crippen LogP contribution in [0.5, 0.6) is 0 Å². The molecule has 0 aromatic carbocycles. The third-order valence-corrected chi connectivity index (χ3v) is 1.93. The summed E-state index contributed by atoms with van der Waals surface area (Å²) < 4.78 is 6.23. The first-order valence-corrected chi connectivity index (χ1v) is 4.50. The van der Waals surface area contributed by atoms with E-state index in [2.05, 4.69) is 9.84 Å². The van der Waals surface area contributed by atoms with Crippen molar-refractivity contribution in [3.05, 3.63) is 17.5 Å². The van der Waals surface area contributed by atoms with Gasteiger partial charge in [-0.15, -0.1) is 0 Å². The van der Waals surface area contributed by atoms with E-state index in [9.17, 15) is 4.79 Å². The van der Waals surface area contributed by atoms with Gasteiger partial charge >= 0.3 is 5.97 Å². The van der Waals surface area contributed by atoms with Gasteiger partial charge in [-0.05, 0) is 19.4 Å². The minimum absolute atomic E-state index is 0.391. The molecule has 0 amide bonds. The summed E-state index contributed by atoms with van der Waals surface area (Å²) in [7, 11) is 3.13. The molecule has 0 bridgehead atoms. The third kappa shape index (κ3) is 2.32. The second-order valence-electron chi connectivity index (χ2n) is 3.06. The topological polar surface area (TPSA) is 70.1 Å². The van der Waals surface area contributed by atoms with E-state index in [0.717, 1.165) is 18.4 Å². The normalized spacial score (nSPS) is 10.2. The van der Waals surface area contributed by atoms with Gasteiger partial charge in [0.15, 0.2) is 5.69 Å². The highest BCUT2D eigenvalue weighted by Crippen LogP contribution is 2.09. The largest absolute Gasteiger partial charge is 0.464 e. The summed E-state index contributed by atoms with van der Waals surface area (Å²) in [6.07, 6.45) is 3.42. The Morgan fingerprint density at radius 3 is 3.00 bits per heavy atom. The highest BCUT2D eigenvalue weighted by molar-refractivity contribution is 5.88. The van der Waals surface area contributed by atoms with Gasteiger partial charge in [-0.25, -0.2) is 4.79 Å². The van der Waals surface area contributed by atoms with Crippen LogP contribution in [0.4, 0.5) is 0 Å². The number of ether oxygens (including phenoxy) is 1. The number of nitrogens with two attached hydrogens (primary N) is 1. The summed E-state index contributed by atoms with van der Waals surface area (Å²) in [5.41, 5.74) is 6.68. The fourth-order valence-electron chi connectivity index (χ4n) is 1.28. The van der Waals surface area contributed by atoms with Crippen molar-refractivity contribution < 1.29 is 9.53 Å². The summed E-state index contributed by atoms with van der Waals surface area (Å²) in [4.78, 5) is 11.3. The molecule has 14 heavy (non-hydrogen) atoms. The van der Waals surface area contributed by atoms with Crippen molar-refractivity contribution in [2.45, 2.75) is 12.8 Å². The quantitative estimate of drug-likeness (QED) is 0.695. The van der Waals surface area contributed by atoms with Crippen LogP contribution >= 0.6 is 0 Å². The van der Waals surface area contributed by atoms with Crippen molar-refractivity contribution in [1.29, 1.82) is 0 Å². The van der Waals surface area contributed by atoms with E-state index in [4.69, 9.17) is 5.73 Å². The highest BCUT2D eigenvalue weighted by Gasteiger charge is 2.15. The van der Waals surface area contributed by atoms with Crippen LogP contribution in [-0.2, 0) is 18.2 Å². The number of hydrogen-bond donors (Lipinski definition) is 1. The zero-order chi connectivity index (χ0) is 10.6. The van der Waals surface area contributed by atoms with Gasteiger partial charge in [0, 0.05) is 18.8 Å². The van der Waals surface area contributed by atoms with Crippen molar-refractivity contribution in [2.75, 3.05) is 13.7 Å². The molecule has 0 spiro atoms. The number of carbonyl (C=O) groups is 1. The van der Waals surface area contributed by atoms with Crippen LogP contribution in [0.25, 0.3) is 0 Å². The summed E-state index contributed by atoms with van der Waals surface area (Å²) in [6, 6.07) is 0. The van der Waals surface area contributed by atoms with Gasteiger partial charge < -0.3 is 10.5 Å². The molecule has 1 aromatic heterocycles. The van der Waals surface area contributed by atoms with E-state index in [1.54, 1.807) is 11.7 Å². The van der Waals surface area contributed by atoms with Crippen LogP contribution in [-0.4, -0.2) is 29.4 Å². The second-order valence-corrected chi connectivity index (χ2v) is 3.06. The van der Waals surface area contributed by atoms with Gasteiger partial charge in [0.05, 0.1) is 7.11 Å². The fourth-order valence-corrected chi connectivity index (χ4v) is 1.28. The first-order chi connectivity index (χ1) is 6.69. The van der Waals surface area contributed by atoms with E-state index < -0.39 is 5.97 Å². The predicted octanol–water partition coefficient (Wildman–Crippen LogP) is 0.0980. The Kier molecular flexibility index (Phi) is 3.64. The first kappa shape index (κ1) is 10.7. The SMILES string of the molecule is COC(=O)c1nn(C)cc1CCCN. The van der Waals surface area contributed by atoms with Gasteiger partial charge in [0.1, 0.15) is 0 Å². The van der Waals surface area contributed by atoms with Crippen molar-refractivity contribution in [1.82, 2.24) is 9.78 Å².